The first-order valence-corrected chi connectivity index (χ1v) is 9.19. The molecule has 0 saturated heterocycles. The molecule has 0 bridgehead atoms. The molecule has 2 aromatic carbocycles. The summed E-state index contributed by atoms with van der Waals surface area (Å²) in [5, 5.41) is 6.43. The van der Waals surface area contributed by atoms with E-state index in [1.807, 2.05) is 6.92 Å². The van der Waals surface area contributed by atoms with Crippen molar-refractivity contribution in [3.63, 3.8) is 0 Å². The van der Waals surface area contributed by atoms with E-state index in [4.69, 9.17) is 27.9 Å². The third-order valence-electron chi connectivity index (χ3n) is 3.90. The van der Waals surface area contributed by atoms with Gasteiger partial charge in [-0.1, -0.05) is 23.2 Å². The maximum Gasteiger partial charge on any atom is 0.279 e. The lowest BCUT2D eigenvalue weighted by molar-refractivity contribution is -0.881. The fourth-order valence-electron chi connectivity index (χ4n) is 2.43. The highest BCUT2D eigenvalue weighted by Gasteiger charge is 2.17. The third kappa shape index (κ3) is 6.75. The molecular weight excluding hydrogens is 389 g/mol. The zero-order chi connectivity index (χ0) is 19.8. The molecule has 27 heavy (non-hydrogen) atoms. The Morgan fingerprint density at radius 3 is 2.22 bits per heavy atom. The van der Waals surface area contributed by atoms with E-state index in [1.165, 1.54) is 0 Å². The van der Waals surface area contributed by atoms with Crippen molar-refractivity contribution >= 4 is 46.4 Å². The number of hydrogen-bond acceptors (Lipinski definition) is 3. The van der Waals surface area contributed by atoms with Gasteiger partial charge in [-0.15, -0.1) is 0 Å². The molecule has 0 aliphatic heterocycles. The minimum absolute atomic E-state index is 0.134. The molecule has 0 fully saturated rings. The largest absolute Gasteiger partial charge is 0.497 e. The molecule has 1 unspecified atom stereocenters. The van der Waals surface area contributed by atoms with Crippen LogP contribution in [0.5, 0.6) is 5.75 Å². The first-order chi connectivity index (χ1) is 12.9. The topological polar surface area (TPSA) is 71.9 Å². The number of halogens is 2. The van der Waals surface area contributed by atoms with Crippen molar-refractivity contribution in [3.05, 3.63) is 52.5 Å². The number of nitrogens with one attached hydrogen (secondary N) is 3. The Morgan fingerprint density at radius 2 is 1.63 bits per heavy atom. The van der Waals surface area contributed by atoms with Gasteiger partial charge in [-0.3, -0.25) is 9.59 Å². The smallest absolute Gasteiger partial charge is 0.279 e. The lowest BCUT2D eigenvalue weighted by atomic mass is 10.3. The van der Waals surface area contributed by atoms with Crippen molar-refractivity contribution < 1.29 is 19.2 Å². The molecule has 0 aliphatic rings. The first-order valence-electron chi connectivity index (χ1n) is 8.43. The Morgan fingerprint density at radius 1 is 1.00 bits per heavy atom. The van der Waals surface area contributed by atoms with Crippen LogP contribution in [-0.2, 0) is 9.59 Å². The summed E-state index contributed by atoms with van der Waals surface area (Å²) in [7, 11) is 1.58. The van der Waals surface area contributed by atoms with Crippen LogP contribution in [-0.4, -0.2) is 38.6 Å². The molecule has 0 heterocycles. The van der Waals surface area contributed by atoms with Gasteiger partial charge in [0.05, 0.1) is 24.4 Å². The number of rotatable bonds is 8. The highest BCUT2D eigenvalue weighted by atomic mass is 35.5. The van der Waals surface area contributed by atoms with Crippen LogP contribution in [0.1, 0.15) is 6.92 Å². The number of anilines is 2. The van der Waals surface area contributed by atoms with Crippen LogP contribution in [0, 0.1) is 0 Å². The van der Waals surface area contributed by atoms with Crippen molar-refractivity contribution in [2.24, 2.45) is 0 Å². The molecule has 2 amide bonds. The van der Waals surface area contributed by atoms with Gasteiger partial charge in [0.25, 0.3) is 11.8 Å². The molecule has 144 valence electrons. The molecule has 0 radical (unpaired) electrons. The molecular formula is C19H22Cl2N3O3+. The molecule has 6 nitrogen and oxygen atoms in total. The first kappa shape index (κ1) is 21.0. The average Bonchev–Trinajstić information content (AvgIpc) is 2.64. The average molecular weight is 411 g/mol. The van der Waals surface area contributed by atoms with E-state index in [2.05, 4.69) is 10.6 Å². The lowest BCUT2D eigenvalue weighted by Gasteiger charge is -2.17. The molecule has 1 atom stereocenters. The quantitative estimate of drug-likeness (QED) is 0.625. The molecule has 2 rings (SSSR count). The Balaban J connectivity index is 1.88. The summed E-state index contributed by atoms with van der Waals surface area (Å²) in [6, 6.07) is 11.9. The van der Waals surface area contributed by atoms with Gasteiger partial charge in [-0.25, -0.2) is 0 Å². The van der Waals surface area contributed by atoms with Crippen LogP contribution in [0.2, 0.25) is 10.0 Å². The highest BCUT2D eigenvalue weighted by Crippen LogP contribution is 2.25. The van der Waals surface area contributed by atoms with Crippen LogP contribution in [0.3, 0.4) is 0 Å². The number of amides is 2. The molecule has 0 aromatic heterocycles. The van der Waals surface area contributed by atoms with E-state index in [0.29, 0.717) is 33.7 Å². The van der Waals surface area contributed by atoms with E-state index in [-0.39, 0.29) is 24.9 Å². The van der Waals surface area contributed by atoms with E-state index >= 15 is 0 Å². The Kier molecular flexibility index (Phi) is 7.91. The fourth-order valence-corrected chi connectivity index (χ4v) is 2.77. The van der Waals surface area contributed by atoms with Crippen LogP contribution < -0.4 is 20.3 Å². The number of carbonyl (C=O) groups is 2. The molecule has 0 saturated carbocycles. The summed E-state index contributed by atoms with van der Waals surface area (Å²) >= 11 is 12.0. The van der Waals surface area contributed by atoms with Crippen molar-refractivity contribution in [2.45, 2.75) is 6.92 Å². The monoisotopic (exact) mass is 410 g/mol. The second-order valence-corrected chi connectivity index (χ2v) is 6.75. The van der Waals surface area contributed by atoms with E-state index < -0.39 is 0 Å². The van der Waals surface area contributed by atoms with E-state index in [0.717, 1.165) is 4.90 Å². The predicted octanol–water partition coefficient (Wildman–Crippen LogP) is 2.48. The predicted molar refractivity (Wildman–Crippen MR) is 108 cm³/mol. The molecule has 2 aromatic rings. The van der Waals surface area contributed by atoms with Crippen LogP contribution in [0.15, 0.2) is 42.5 Å². The Bertz CT molecular complexity index is 797. The van der Waals surface area contributed by atoms with E-state index in [9.17, 15) is 9.59 Å². The second kappa shape index (κ2) is 10.2. The molecule has 3 N–H and O–H groups in total. The zero-order valence-corrected chi connectivity index (χ0v) is 16.7. The van der Waals surface area contributed by atoms with Crippen molar-refractivity contribution in [2.75, 3.05) is 37.4 Å². The molecule has 0 spiro atoms. The van der Waals surface area contributed by atoms with Crippen molar-refractivity contribution in [1.29, 1.82) is 0 Å². The standard InChI is InChI=1S/C19H21Cl2N3O3/c1-3-24(11-18(25)22-14-5-7-15(27-2)8-6-14)12-19(26)23-17-10-13(20)4-9-16(17)21/h4-10H,3,11-12H2,1-2H3,(H,22,25)(H,23,26)/p+1. The van der Waals surface area contributed by atoms with Gasteiger partial charge in [-0.2, -0.15) is 0 Å². The minimum Gasteiger partial charge on any atom is -0.497 e. The van der Waals surface area contributed by atoms with Gasteiger partial charge < -0.3 is 20.3 Å². The summed E-state index contributed by atoms with van der Waals surface area (Å²) in [6.45, 7) is 2.83. The summed E-state index contributed by atoms with van der Waals surface area (Å²) in [6.07, 6.45) is 0. The van der Waals surface area contributed by atoms with Gasteiger partial charge in [0.15, 0.2) is 13.1 Å². The van der Waals surface area contributed by atoms with Crippen LogP contribution in [0.4, 0.5) is 11.4 Å². The number of carbonyl (C=O) groups excluding carboxylic acids is 2. The van der Waals surface area contributed by atoms with E-state index in [1.54, 1.807) is 49.6 Å². The number of ether oxygens (including phenoxy) is 1. The maximum atomic E-state index is 12.3. The summed E-state index contributed by atoms with van der Waals surface area (Å²) in [4.78, 5) is 25.3. The zero-order valence-electron chi connectivity index (χ0n) is 15.1. The number of benzene rings is 2. The van der Waals surface area contributed by atoms with Gasteiger partial charge in [-0.05, 0) is 49.4 Å². The van der Waals surface area contributed by atoms with Crippen LogP contribution >= 0.6 is 23.2 Å². The molecule has 0 aliphatic carbocycles. The lowest BCUT2D eigenvalue weighted by Crippen LogP contribution is -3.13. The third-order valence-corrected chi connectivity index (χ3v) is 4.46. The van der Waals surface area contributed by atoms with Gasteiger partial charge in [0.1, 0.15) is 5.75 Å². The SMILES string of the molecule is CC[NH+](CC(=O)Nc1ccc(OC)cc1)CC(=O)Nc1cc(Cl)ccc1Cl. The number of likely N-dealkylation sites (N-methyl/N-ethyl adjacent to an activating group) is 1. The van der Waals surface area contributed by atoms with Crippen molar-refractivity contribution in [3.8, 4) is 5.75 Å². The number of hydrogen-bond donors (Lipinski definition) is 3. The second-order valence-electron chi connectivity index (χ2n) is 5.91. The number of methoxy groups -OCH3 is 1. The Hall–Kier alpha value is -2.28. The molecule has 8 heteroatoms. The maximum absolute atomic E-state index is 12.3. The van der Waals surface area contributed by atoms with Crippen molar-refractivity contribution in [1.82, 2.24) is 0 Å². The summed E-state index contributed by atoms with van der Waals surface area (Å²) in [5.74, 6) is 0.295. The highest BCUT2D eigenvalue weighted by molar-refractivity contribution is 6.35. The van der Waals surface area contributed by atoms with Gasteiger partial charge in [0, 0.05) is 10.7 Å². The summed E-state index contributed by atoms with van der Waals surface area (Å²) in [5.41, 5.74) is 1.12. The Labute approximate surface area is 168 Å². The number of quaternary nitrogens is 1. The minimum atomic E-state index is -0.242. The summed E-state index contributed by atoms with van der Waals surface area (Å²) < 4.78 is 5.09. The normalized spacial score (nSPS) is 11.6. The van der Waals surface area contributed by atoms with Gasteiger partial charge >= 0.3 is 0 Å². The van der Waals surface area contributed by atoms with Gasteiger partial charge in [0.2, 0.25) is 0 Å². The fraction of sp³-hybridized carbons (Fsp3) is 0.263. The van der Waals surface area contributed by atoms with Crippen LogP contribution in [0.25, 0.3) is 0 Å².